The highest BCUT2D eigenvalue weighted by Gasteiger charge is 2.25. The molecule has 4 heteroatoms. The molecule has 0 aliphatic carbocycles. The van der Waals surface area contributed by atoms with Gasteiger partial charge in [-0.1, -0.05) is 20.8 Å². The minimum Gasteiger partial charge on any atom is -0.294 e. The Hall–Kier alpha value is -1.68. The second kappa shape index (κ2) is 4.17. The summed E-state index contributed by atoms with van der Waals surface area (Å²) in [6.45, 7) is 6.50. The van der Waals surface area contributed by atoms with Crippen molar-refractivity contribution in [2.24, 2.45) is 0 Å². The van der Waals surface area contributed by atoms with Crippen LogP contribution in [-0.4, -0.2) is 9.38 Å². The monoisotopic (exact) mass is 274 g/mol. The lowest BCUT2D eigenvalue weighted by Gasteiger charge is -2.19. The van der Waals surface area contributed by atoms with Crippen LogP contribution in [0.5, 0.6) is 0 Å². The first-order chi connectivity index (χ1) is 8.97. The quantitative estimate of drug-likeness (QED) is 0.638. The fraction of sp³-hybridized carbons (Fsp3) is 0.267. The molecule has 0 amide bonds. The van der Waals surface area contributed by atoms with Crippen LogP contribution < -0.4 is 0 Å². The van der Waals surface area contributed by atoms with Crippen LogP contribution in [0.2, 0.25) is 0 Å². The van der Waals surface area contributed by atoms with Gasteiger partial charge in [-0.15, -0.1) is 11.3 Å². The summed E-state index contributed by atoms with van der Waals surface area (Å²) < 4.78 is 15.2. The summed E-state index contributed by atoms with van der Waals surface area (Å²) in [5, 5.41) is 2.03. The van der Waals surface area contributed by atoms with Crippen LogP contribution in [-0.2, 0) is 5.41 Å². The number of imidazole rings is 1. The van der Waals surface area contributed by atoms with Crippen molar-refractivity contribution < 1.29 is 4.39 Å². The summed E-state index contributed by atoms with van der Waals surface area (Å²) in [5.74, 6) is -0.220. The van der Waals surface area contributed by atoms with Crippen LogP contribution in [0.15, 0.2) is 35.8 Å². The molecule has 0 unspecified atom stereocenters. The maximum Gasteiger partial charge on any atom is 0.194 e. The van der Waals surface area contributed by atoms with Crippen LogP contribution in [0.25, 0.3) is 16.2 Å². The molecule has 0 fully saturated rings. The Morgan fingerprint density at radius 2 is 1.84 bits per heavy atom. The molecule has 2 aromatic heterocycles. The molecule has 2 nitrogen and oxygen atoms in total. The van der Waals surface area contributed by atoms with Gasteiger partial charge in [-0.2, -0.15) is 0 Å². The molecular formula is C15H15FN2S. The largest absolute Gasteiger partial charge is 0.294 e. The number of hydrogen-bond donors (Lipinski definition) is 0. The van der Waals surface area contributed by atoms with Crippen molar-refractivity contribution in [1.82, 2.24) is 9.38 Å². The second-order valence-electron chi connectivity index (χ2n) is 5.62. The molecule has 0 radical (unpaired) electrons. The van der Waals surface area contributed by atoms with Gasteiger partial charge < -0.3 is 0 Å². The van der Waals surface area contributed by atoms with E-state index in [9.17, 15) is 4.39 Å². The van der Waals surface area contributed by atoms with E-state index >= 15 is 0 Å². The SMILES string of the molecule is CC(C)(C)c1c(-c2ccc(F)cc2)nc2sccn12. The minimum atomic E-state index is -0.220. The molecule has 98 valence electrons. The first-order valence-electron chi connectivity index (χ1n) is 6.19. The van der Waals surface area contributed by atoms with Gasteiger partial charge in [0.15, 0.2) is 4.96 Å². The number of thiazole rings is 1. The van der Waals surface area contributed by atoms with Gasteiger partial charge in [-0.25, -0.2) is 9.37 Å². The van der Waals surface area contributed by atoms with Crippen molar-refractivity contribution in [3.63, 3.8) is 0 Å². The molecule has 0 bridgehead atoms. The highest BCUT2D eigenvalue weighted by Crippen LogP contribution is 2.34. The number of benzene rings is 1. The van der Waals surface area contributed by atoms with Crippen LogP contribution >= 0.6 is 11.3 Å². The van der Waals surface area contributed by atoms with E-state index in [2.05, 4.69) is 25.2 Å². The lowest BCUT2D eigenvalue weighted by Crippen LogP contribution is -2.15. The molecule has 0 aliphatic rings. The van der Waals surface area contributed by atoms with Crippen molar-refractivity contribution in [3.05, 3.63) is 47.4 Å². The number of halogens is 1. The van der Waals surface area contributed by atoms with E-state index in [-0.39, 0.29) is 11.2 Å². The van der Waals surface area contributed by atoms with Gasteiger partial charge in [-0.3, -0.25) is 4.40 Å². The molecule has 0 N–H and O–H groups in total. The van der Waals surface area contributed by atoms with E-state index in [0.29, 0.717) is 0 Å². The maximum atomic E-state index is 13.1. The molecule has 0 spiro atoms. The third-order valence-electron chi connectivity index (χ3n) is 3.09. The van der Waals surface area contributed by atoms with E-state index < -0.39 is 0 Å². The Morgan fingerprint density at radius 3 is 2.47 bits per heavy atom. The molecule has 1 aromatic carbocycles. The molecule has 2 heterocycles. The molecule has 0 saturated carbocycles. The predicted octanol–water partition coefficient (Wildman–Crippen LogP) is 4.50. The Labute approximate surface area is 115 Å². The van der Waals surface area contributed by atoms with Crippen LogP contribution in [0.1, 0.15) is 26.5 Å². The Morgan fingerprint density at radius 1 is 1.16 bits per heavy atom. The summed E-state index contributed by atoms with van der Waals surface area (Å²) in [7, 11) is 0. The van der Waals surface area contributed by atoms with E-state index in [1.165, 1.54) is 12.1 Å². The van der Waals surface area contributed by atoms with Crippen LogP contribution in [0, 0.1) is 5.82 Å². The van der Waals surface area contributed by atoms with E-state index in [0.717, 1.165) is 21.9 Å². The van der Waals surface area contributed by atoms with Crippen molar-refractivity contribution in [1.29, 1.82) is 0 Å². The Balaban J connectivity index is 2.28. The summed E-state index contributed by atoms with van der Waals surface area (Å²) in [6, 6.07) is 6.54. The summed E-state index contributed by atoms with van der Waals surface area (Å²) >= 11 is 1.61. The fourth-order valence-electron chi connectivity index (χ4n) is 2.31. The van der Waals surface area contributed by atoms with Gasteiger partial charge in [-0.05, 0) is 24.3 Å². The van der Waals surface area contributed by atoms with Gasteiger partial charge in [0.1, 0.15) is 5.82 Å². The lowest BCUT2D eigenvalue weighted by atomic mass is 9.89. The highest BCUT2D eigenvalue weighted by molar-refractivity contribution is 7.15. The summed E-state index contributed by atoms with van der Waals surface area (Å²) in [4.78, 5) is 5.67. The van der Waals surface area contributed by atoms with Crippen LogP contribution in [0.3, 0.4) is 0 Å². The molecule has 3 aromatic rings. The van der Waals surface area contributed by atoms with E-state index in [1.54, 1.807) is 23.5 Å². The van der Waals surface area contributed by atoms with Crippen molar-refractivity contribution in [2.75, 3.05) is 0 Å². The Bertz CT molecular complexity index is 717. The van der Waals surface area contributed by atoms with Gasteiger partial charge in [0.2, 0.25) is 0 Å². The summed E-state index contributed by atoms with van der Waals surface area (Å²) in [5.41, 5.74) is 3.04. The van der Waals surface area contributed by atoms with Gasteiger partial charge in [0.05, 0.1) is 11.4 Å². The first-order valence-corrected chi connectivity index (χ1v) is 7.07. The smallest absolute Gasteiger partial charge is 0.194 e. The lowest BCUT2D eigenvalue weighted by molar-refractivity contribution is 0.566. The first kappa shape index (κ1) is 12.4. The highest BCUT2D eigenvalue weighted by atomic mass is 32.1. The average molecular weight is 274 g/mol. The summed E-state index contributed by atoms with van der Waals surface area (Å²) in [6.07, 6.45) is 2.04. The van der Waals surface area contributed by atoms with Crippen molar-refractivity contribution in [2.45, 2.75) is 26.2 Å². The number of nitrogens with zero attached hydrogens (tertiary/aromatic N) is 2. The standard InChI is InChI=1S/C15H15FN2S/c1-15(2,3)13-12(10-4-6-11(16)7-5-10)17-14-18(13)8-9-19-14/h4-9H,1-3H3. The molecular weight excluding hydrogens is 259 g/mol. The molecule has 0 atom stereocenters. The zero-order chi connectivity index (χ0) is 13.6. The number of hydrogen-bond acceptors (Lipinski definition) is 2. The third-order valence-corrected chi connectivity index (χ3v) is 3.85. The van der Waals surface area contributed by atoms with E-state index in [1.807, 2.05) is 11.6 Å². The number of fused-ring (bicyclic) bond motifs is 1. The van der Waals surface area contributed by atoms with Gasteiger partial charge in [0.25, 0.3) is 0 Å². The molecule has 0 aliphatic heterocycles. The van der Waals surface area contributed by atoms with Crippen LogP contribution in [0.4, 0.5) is 4.39 Å². The zero-order valence-electron chi connectivity index (χ0n) is 11.1. The fourth-order valence-corrected chi connectivity index (χ4v) is 3.03. The predicted molar refractivity (Wildman–Crippen MR) is 77.2 cm³/mol. The minimum absolute atomic E-state index is 0.0236. The third kappa shape index (κ3) is 2.06. The normalized spacial score (nSPS) is 12.2. The molecule has 0 saturated heterocycles. The second-order valence-corrected chi connectivity index (χ2v) is 6.49. The molecule has 19 heavy (non-hydrogen) atoms. The van der Waals surface area contributed by atoms with Gasteiger partial charge >= 0.3 is 0 Å². The average Bonchev–Trinajstić information content (AvgIpc) is 2.87. The Kier molecular flexibility index (Phi) is 2.71. The van der Waals surface area contributed by atoms with E-state index in [4.69, 9.17) is 4.98 Å². The molecule has 3 rings (SSSR count). The zero-order valence-corrected chi connectivity index (χ0v) is 12.0. The van der Waals surface area contributed by atoms with Crippen molar-refractivity contribution >= 4 is 16.3 Å². The number of aromatic nitrogens is 2. The maximum absolute atomic E-state index is 13.1. The topological polar surface area (TPSA) is 17.3 Å². The van der Waals surface area contributed by atoms with Gasteiger partial charge in [0, 0.05) is 22.6 Å². The van der Waals surface area contributed by atoms with Crippen molar-refractivity contribution in [3.8, 4) is 11.3 Å². The number of rotatable bonds is 1.